The molecule has 1 aromatic carbocycles. The molecule has 1 saturated heterocycles. The molecule has 1 aliphatic rings. The fraction of sp³-hybridized carbons (Fsp3) is 0.471. The second-order valence-electron chi connectivity index (χ2n) is 6.16. The van der Waals surface area contributed by atoms with E-state index in [-0.39, 0.29) is 11.8 Å². The third-order valence-corrected chi connectivity index (χ3v) is 4.03. The fourth-order valence-corrected chi connectivity index (χ4v) is 2.54. The van der Waals surface area contributed by atoms with E-state index in [4.69, 9.17) is 14.6 Å². The first-order chi connectivity index (χ1) is 13.7. The van der Waals surface area contributed by atoms with Crippen LogP contribution in [0.5, 0.6) is 5.75 Å². The van der Waals surface area contributed by atoms with Crippen LogP contribution >= 0.6 is 0 Å². The molecule has 0 radical (unpaired) electrons. The summed E-state index contributed by atoms with van der Waals surface area (Å²) in [5.41, 5.74) is 0.484. The molecular formula is C17H23N3O9. The van der Waals surface area contributed by atoms with E-state index in [0.717, 1.165) is 0 Å². The highest BCUT2D eigenvalue weighted by Crippen LogP contribution is 2.25. The van der Waals surface area contributed by atoms with E-state index in [9.17, 15) is 29.7 Å². The molecule has 12 nitrogen and oxygen atoms in total. The number of nitrogens with one attached hydrogen (secondary N) is 3. The Morgan fingerprint density at radius 2 is 1.69 bits per heavy atom. The van der Waals surface area contributed by atoms with Gasteiger partial charge in [-0.3, -0.25) is 4.79 Å². The molecule has 29 heavy (non-hydrogen) atoms. The summed E-state index contributed by atoms with van der Waals surface area (Å²) in [5.74, 6) is -2.80. The number of carboxylic acids is 1. The second kappa shape index (κ2) is 10.0. The Kier molecular flexibility index (Phi) is 7.73. The number of benzene rings is 1. The summed E-state index contributed by atoms with van der Waals surface area (Å²) in [5, 5.41) is 45.8. The van der Waals surface area contributed by atoms with Crippen LogP contribution in [0.15, 0.2) is 24.3 Å². The molecular weight excluding hydrogens is 390 g/mol. The van der Waals surface area contributed by atoms with Crippen LogP contribution in [0.4, 0.5) is 10.5 Å². The summed E-state index contributed by atoms with van der Waals surface area (Å²) >= 11 is 0. The van der Waals surface area contributed by atoms with E-state index in [1.165, 1.54) is 24.3 Å². The lowest BCUT2D eigenvalue weighted by molar-refractivity contribution is -0.270. The predicted octanol–water partition coefficient (Wildman–Crippen LogP) is -1.78. The van der Waals surface area contributed by atoms with Gasteiger partial charge >= 0.3 is 17.9 Å². The zero-order valence-electron chi connectivity index (χ0n) is 15.4. The van der Waals surface area contributed by atoms with E-state index in [1.54, 1.807) is 6.92 Å². The Hall–Kier alpha value is -2.93. The molecule has 2 rings (SSSR count). The van der Waals surface area contributed by atoms with Crippen LogP contribution in [0.2, 0.25) is 0 Å². The molecule has 7 N–H and O–H groups in total. The average Bonchev–Trinajstić information content (AvgIpc) is 2.68. The third kappa shape index (κ3) is 6.02. The van der Waals surface area contributed by atoms with Crippen molar-refractivity contribution in [1.29, 1.82) is 0 Å². The van der Waals surface area contributed by atoms with Gasteiger partial charge in [0.25, 0.3) is 0 Å². The van der Waals surface area contributed by atoms with E-state index in [2.05, 4.69) is 10.6 Å². The largest absolute Gasteiger partial charge is 0.474 e. The number of hydrogen-bond donors (Lipinski definition) is 7. The van der Waals surface area contributed by atoms with Gasteiger partial charge in [0.2, 0.25) is 6.29 Å². The molecule has 0 aromatic heterocycles. The number of carboxylic acid groups (broad SMARTS) is 1. The molecule has 0 bridgehead atoms. The number of aliphatic hydroxyl groups is 3. The van der Waals surface area contributed by atoms with Gasteiger partial charge in [-0.05, 0) is 31.2 Å². The lowest BCUT2D eigenvalue weighted by atomic mass is 9.99. The van der Waals surface area contributed by atoms with Gasteiger partial charge in [0, 0.05) is 18.8 Å². The normalized spacial score (nSPS) is 26.3. The lowest BCUT2D eigenvalue weighted by Gasteiger charge is -2.40. The average molecular weight is 413 g/mol. The van der Waals surface area contributed by atoms with Crippen molar-refractivity contribution in [3.05, 3.63) is 24.3 Å². The molecule has 3 amide bonds. The summed E-state index contributed by atoms with van der Waals surface area (Å²) in [6.07, 6.45) is -7.46. The van der Waals surface area contributed by atoms with Crippen LogP contribution < -0.4 is 20.7 Å². The van der Waals surface area contributed by atoms with Crippen molar-refractivity contribution < 1.29 is 44.3 Å². The number of ether oxygens (including phenoxy) is 2. The maximum absolute atomic E-state index is 11.5. The first-order valence-corrected chi connectivity index (χ1v) is 8.75. The van der Waals surface area contributed by atoms with Gasteiger partial charge < -0.3 is 45.9 Å². The number of urea groups is 1. The number of aliphatic hydroxyl groups excluding tert-OH is 3. The summed E-state index contributed by atoms with van der Waals surface area (Å²) in [6, 6.07) is 5.66. The maximum atomic E-state index is 11.5. The molecule has 1 heterocycles. The van der Waals surface area contributed by atoms with Gasteiger partial charge in [0.1, 0.15) is 30.2 Å². The van der Waals surface area contributed by atoms with Crippen LogP contribution in [0.25, 0.3) is 0 Å². The van der Waals surface area contributed by atoms with Crippen LogP contribution in [-0.4, -0.2) is 82.1 Å². The number of aliphatic carboxylic acids is 1. The molecule has 1 fully saturated rings. The quantitative estimate of drug-likeness (QED) is 0.265. The topological polar surface area (TPSA) is 187 Å². The smallest absolute Gasteiger partial charge is 0.394 e. The minimum atomic E-state index is -1.72. The molecule has 0 unspecified atom stereocenters. The number of hydrogen-bond acceptors (Lipinski definition) is 8. The minimum Gasteiger partial charge on any atom is -0.474 e. The van der Waals surface area contributed by atoms with Gasteiger partial charge in [0.15, 0.2) is 0 Å². The molecule has 160 valence electrons. The van der Waals surface area contributed by atoms with Crippen molar-refractivity contribution in [3.63, 3.8) is 0 Å². The van der Waals surface area contributed by atoms with Gasteiger partial charge in [-0.1, -0.05) is 0 Å². The summed E-state index contributed by atoms with van der Waals surface area (Å²) in [7, 11) is 0. The van der Waals surface area contributed by atoms with E-state index < -0.39 is 49.1 Å². The van der Waals surface area contributed by atoms with E-state index in [1.807, 2.05) is 5.32 Å². The van der Waals surface area contributed by atoms with Gasteiger partial charge in [0.05, 0.1) is 0 Å². The monoisotopic (exact) mass is 413 g/mol. The van der Waals surface area contributed by atoms with Crippen LogP contribution in [0, 0.1) is 0 Å². The first-order valence-electron chi connectivity index (χ1n) is 8.75. The molecule has 0 spiro atoms. The third-order valence-electron chi connectivity index (χ3n) is 4.03. The fourth-order valence-electron chi connectivity index (χ4n) is 2.54. The standard InChI is InChI=1S/C17H23N3O9/c1-2-18-17(27)20-8-3-5-9(6-4-8)28-16-13(23)12(22)11(21)10(29-16)7-19-14(24)15(25)26/h3-6,10-13,16,21-23H,2,7H2,1H3,(H,19,24)(H,25,26)(H2,18,20,27)/t10-,11-,12+,13+,16+/m1/s1. The number of amides is 3. The molecule has 0 saturated carbocycles. The Morgan fingerprint density at radius 3 is 2.28 bits per heavy atom. The Balaban J connectivity index is 1.99. The van der Waals surface area contributed by atoms with Crippen LogP contribution in [-0.2, 0) is 14.3 Å². The van der Waals surface area contributed by atoms with E-state index in [0.29, 0.717) is 12.2 Å². The van der Waals surface area contributed by atoms with Crippen molar-refractivity contribution in [2.75, 3.05) is 18.4 Å². The van der Waals surface area contributed by atoms with Crippen molar-refractivity contribution in [2.45, 2.75) is 37.6 Å². The number of carbonyl (C=O) groups excluding carboxylic acids is 2. The zero-order valence-corrected chi connectivity index (χ0v) is 15.4. The van der Waals surface area contributed by atoms with Gasteiger partial charge in [-0.2, -0.15) is 0 Å². The van der Waals surface area contributed by atoms with Crippen LogP contribution in [0.3, 0.4) is 0 Å². The molecule has 1 aromatic rings. The lowest BCUT2D eigenvalue weighted by Crippen LogP contribution is -2.61. The predicted molar refractivity (Wildman–Crippen MR) is 97.1 cm³/mol. The van der Waals surface area contributed by atoms with Crippen LogP contribution in [0.1, 0.15) is 6.92 Å². The van der Waals surface area contributed by atoms with Gasteiger partial charge in [-0.25, -0.2) is 9.59 Å². The molecule has 0 aliphatic carbocycles. The highest BCUT2D eigenvalue weighted by molar-refractivity contribution is 6.31. The summed E-state index contributed by atoms with van der Waals surface area (Å²) in [6.45, 7) is 1.81. The van der Waals surface area contributed by atoms with Crippen molar-refractivity contribution >= 4 is 23.6 Å². The SMILES string of the molecule is CCNC(=O)Nc1ccc(O[C@H]2O[C@H](CNC(=O)C(=O)O)[C@@H](O)[C@H](O)[C@@H]2O)cc1. The van der Waals surface area contributed by atoms with Gasteiger partial charge in [-0.15, -0.1) is 0 Å². The number of rotatable bonds is 6. The summed E-state index contributed by atoms with van der Waals surface area (Å²) < 4.78 is 10.9. The maximum Gasteiger partial charge on any atom is 0.394 e. The Bertz CT molecular complexity index is 727. The van der Waals surface area contributed by atoms with Crippen molar-refractivity contribution in [3.8, 4) is 5.75 Å². The highest BCUT2D eigenvalue weighted by atomic mass is 16.7. The second-order valence-corrected chi connectivity index (χ2v) is 6.16. The van der Waals surface area contributed by atoms with Crippen molar-refractivity contribution in [1.82, 2.24) is 10.6 Å². The number of anilines is 1. The molecule has 5 atom stereocenters. The number of carbonyl (C=O) groups is 3. The zero-order chi connectivity index (χ0) is 21.6. The highest BCUT2D eigenvalue weighted by Gasteiger charge is 2.45. The Labute approximate surface area is 165 Å². The summed E-state index contributed by atoms with van der Waals surface area (Å²) in [4.78, 5) is 33.2. The van der Waals surface area contributed by atoms with Crippen molar-refractivity contribution in [2.24, 2.45) is 0 Å². The molecule has 1 aliphatic heterocycles. The first kappa shape index (κ1) is 22.4. The minimum absolute atomic E-state index is 0.229. The Morgan fingerprint density at radius 1 is 1.03 bits per heavy atom. The molecule has 12 heteroatoms. The van der Waals surface area contributed by atoms with E-state index >= 15 is 0 Å².